The molecule has 4 nitrogen and oxygen atoms in total. The first-order chi connectivity index (χ1) is 11.7. The topological polar surface area (TPSA) is 58.2 Å². The quantitative estimate of drug-likeness (QED) is 0.816. The highest BCUT2D eigenvalue weighted by molar-refractivity contribution is 7.89. The van der Waals surface area contributed by atoms with Gasteiger partial charge in [-0.25, -0.2) is 13.1 Å². The molecule has 0 bridgehead atoms. The molecule has 0 fully saturated rings. The predicted octanol–water partition coefficient (Wildman–Crippen LogP) is 3.52. The van der Waals surface area contributed by atoms with Crippen LogP contribution >= 0.6 is 12.4 Å². The maximum atomic E-state index is 12.8. The van der Waals surface area contributed by atoms with Crippen LogP contribution in [0, 0.1) is 6.92 Å². The molecular formula is C17H18ClF3N2O2S. The van der Waals surface area contributed by atoms with E-state index in [0.29, 0.717) is 6.07 Å². The van der Waals surface area contributed by atoms with Gasteiger partial charge in [-0.1, -0.05) is 24.3 Å². The summed E-state index contributed by atoms with van der Waals surface area (Å²) in [7, 11) is -4.05. The lowest BCUT2D eigenvalue weighted by Crippen LogP contribution is -2.24. The highest BCUT2D eigenvalue weighted by Crippen LogP contribution is 2.31. The number of fused-ring (bicyclic) bond motifs is 1. The summed E-state index contributed by atoms with van der Waals surface area (Å²) in [5.41, 5.74) is 2.31. The van der Waals surface area contributed by atoms with Crippen LogP contribution in [0.2, 0.25) is 0 Å². The van der Waals surface area contributed by atoms with Gasteiger partial charge in [-0.3, -0.25) is 0 Å². The largest absolute Gasteiger partial charge is 0.416 e. The highest BCUT2D eigenvalue weighted by Gasteiger charge is 2.32. The number of hydrogen-bond donors (Lipinski definition) is 2. The van der Waals surface area contributed by atoms with Crippen molar-refractivity contribution in [2.75, 3.05) is 0 Å². The molecule has 0 amide bonds. The summed E-state index contributed by atoms with van der Waals surface area (Å²) < 4.78 is 65.8. The van der Waals surface area contributed by atoms with Gasteiger partial charge in [-0.15, -0.1) is 12.4 Å². The predicted molar refractivity (Wildman–Crippen MR) is 94.4 cm³/mol. The lowest BCUT2D eigenvalue weighted by Gasteiger charge is -2.13. The minimum atomic E-state index is -4.59. The van der Waals surface area contributed by atoms with Gasteiger partial charge in [0, 0.05) is 19.6 Å². The van der Waals surface area contributed by atoms with Crippen molar-refractivity contribution < 1.29 is 21.6 Å². The molecule has 0 saturated heterocycles. The van der Waals surface area contributed by atoms with E-state index in [2.05, 4.69) is 10.0 Å². The first-order valence-electron chi connectivity index (χ1n) is 7.66. The molecule has 0 unspecified atom stereocenters. The summed E-state index contributed by atoms with van der Waals surface area (Å²) in [4.78, 5) is -0.356. The maximum Gasteiger partial charge on any atom is 0.416 e. The number of benzene rings is 2. The Kier molecular flexibility index (Phi) is 6.02. The molecule has 0 aliphatic carbocycles. The number of hydrogen-bond acceptors (Lipinski definition) is 3. The number of aryl methyl sites for hydroxylation is 1. The van der Waals surface area contributed by atoms with Gasteiger partial charge in [0.2, 0.25) is 10.0 Å². The Morgan fingerprint density at radius 2 is 1.77 bits per heavy atom. The molecule has 0 atom stereocenters. The molecule has 26 heavy (non-hydrogen) atoms. The summed E-state index contributed by atoms with van der Waals surface area (Å²) in [6, 6.07) is 8.35. The molecule has 2 aromatic rings. The van der Waals surface area contributed by atoms with E-state index in [1.54, 1.807) is 0 Å². The van der Waals surface area contributed by atoms with Gasteiger partial charge in [0.25, 0.3) is 0 Å². The Hall–Kier alpha value is -1.61. The van der Waals surface area contributed by atoms with Crippen molar-refractivity contribution in [2.24, 2.45) is 0 Å². The summed E-state index contributed by atoms with van der Waals surface area (Å²) in [5.74, 6) is 0. The molecule has 0 saturated carbocycles. The Morgan fingerprint density at radius 3 is 2.46 bits per heavy atom. The molecular weight excluding hydrogens is 389 g/mol. The van der Waals surface area contributed by atoms with Gasteiger partial charge < -0.3 is 5.32 Å². The van der Waals surface area contributed by atoms with Crippen molar-refractivity contribution in [3.05, 3.63) is 64.2 Å². The van der Waals surface area contributed by atoms with E-state index in [0.717, 1.165) is 30.3 Å². The van der Waals surface area contributed by atoms with Gasteiger partial charge in [-0.2, -0.15) is 13.2 Å². The zero-order chi connectivity index (χ0) is 18.2. The molecule has 0 spiro atoms. The third kappa shape index (κ3) is 4.37. The lowest BCUT2D eigenvalue weighted by atomic mass is 10.1. The average Bonchev–Trinajstić information content (AvgIpc) is 2.99. The fraction of sp³-hybridized carbons (Fsp3) is 0.294. The van der Waals surface area contributed by atoms with Crippen LogP contribution in [0.1, 0.15) is 27.8 Å². The van der Waals surface area contributed by atoms with E-state index in [1.807, 2.05) is 18.2 Å². The van der Waals surface area contributed by atoms with Gasteiger partial charge in [-0.05, 0) is 41.3 Å². The highest BCUT2D eigenvalue weighted by atomic mass is 35.5. The van der Waals surface area contributed by atoms with E-state index < -0.39 is 21.8 Å². The molecule has 1 heterocycles. The van der Waals surface area contributed by atoms with Gasteiger partial charge >= 0.3 is 6.18 Å². The van der Waals surface area contributed by atoms with Crippen molar-refractivity contribution in [3.63, 3.8) is 0 Å². The zero-order valence-corrected chi connectivity index (χ0v) is 15.5. The third-order valence-electron chi connectivity index (χ3n) is 4.17. The van der Waals surface area contributed by atoms with Crippen LogP contribution in [0.3, 0.4) is 0 Å². The second-order valence-electron chi connectivity index (χ2n) is 6.01. The normalized spacial score (nSPS) is 14.0. The zero-order valence-electron chi connectivity index (χ0n) is 13.9. The molecule has 1 aliphatic rings. The first kappa shape index (κ1) is 20.7. The Balaban J connectivity index is 0.00000243. The van der Waals surface area contributed by atoms with Crippen LogP contribution in [0.4, 0.5) is 13.2 Å². The van der Waals surface area contributed by atoms with Crippen LogP contribution in [-0.2, 0) is 35.8 Å². The molecule has 3 rings (SSSR count). The maximum absolute atomic E-state index is 12.8. The Morgan fingerprint density at radius 1 is 1.08 bits per heavy atom. The summed E-state index contributed by atoms with van der Waals surface area (Å²) in [6.45, 7) is 2.99. The number of rotatable bonds is 4. The van der Waals surface area contributed by atoms with Crippen molar-refractivity contribution in [3.8, 4) is 0 Å². The minimum absolute atomic E-state index is 0. The van der Waals surface area contributed by atoms with Crippen LogP contribution in [0.25, 0.3) is 0 Å². The van der Waals surface area contributed by atoms with Gasteiger partial charge in [0.05, 0.1) is 10.5 Å². The fourth-order valence-corrected chi connectivity index (χ4v) is 4.07. The third-order valence-corrected chi connectivity index (χ3v) is 5.72. The van der Waals surface area contributed by atoms with Crippen molar-refractivity contribution in [1.82, 2.24) is 10.0 Å². The summed E-state index contributed by atoms with van der Waals surface area (Å²) in [5, 5.41) is 3.20. The number of nitrogens with one attached hydrogen (secondary N) is 2. The van der Waals surface area contributed by atoms with Crippen LogP contribution < -0.4 is 10.0 Å². The van der Waals surface area contributed by atoms with Crippen LogP contribution in [0.15, 0.2) is 41.3 Å². The molecule has 142 valence electrons. The first-order valence-corrected chi connectivity index (χ1v) is 9.14. The summed E-state index contributed by atoms with van der Waals surface area (Å²) in [6.07, 6.45) is -4.59. The standard InChI is InChI=1S/C17H17F3N2O2S.ClH/c1-11-2-5-15(17(18,19)20)7-16(11)25(23,24)22-8-12-3-4-13-9-21-10-14(13)6-12;/h2-7,21-22H,8-10H2,1H3;1H. The lowest BCUT2D eigenvalue weighted by molar-refractivity contribution is -0.137. The summed E-state index contributed by atoms with van der Waals surface area (Å²) >= 11 is 0. The number of halogens is 4. The number of alkyl halides is 3. The SMILES string of the molecule is Cc1ccc(C(F)(F)F)cc1S(=O)(=O)NCc1ccc2c(c1)CNC2.Cl. The van der Waals surface area contributed by atoms with Crippen LogP contribution in [-0.4, -0.2) is 8.42 Å². The molecule has 2 N–H and O–H groups in total. The van der Waals surface area contributed by atoms with Crippen molar-refractivity contribution >= 4 is 22.4 Å². The van der Waals surface area contributed by atoms with Gasteiger partial charge in [0.1, 0.15) is 0 Å². The van der Waals surface area contributed by atoms with E-state index in [4.69, 9.17) is 0 Å². The molecule has 0 radical (unpaired) electrons. The fourth-order valence-electron chi connectivity index (χ4n) is 2.78. The second kappa shape index (κ2) is 7.56. The Labute approximate surface area is 156 Å². The van der Waals surface area contributed by atoms with Crippen molar-refractivity contribution in [2.45, 2.75) is 37.6 Å². The second-order valence-corrected chi connectivity index (χ2v) is 7.74. The molecule has 9 heteroatoms. The smallest absolute Gasteiger partial charge is 0.309 e. The molecule has 1 aliphatic heterocycles. The van der Waals surface area contributed by atoms with Crippen molar-refractivity contribution in [1.29, 1.82) is 0 Å². The van der Waals surface area contributed by atoms with E-state index >= 15 is 0 Å². The number of sulfonamides is 1. The van der Waals surface area contributed by atoms with Crippen LogP contribution in [0.5, 0.6) is 0 Å². The van der Waals surface area contributed by atoms with E-state index in [9.17, 15) is 21.6 Å². The average molecular weight is 407 g/mol. The molecule has 0 aromatic heterocycles. The minimum Gasteiger partial charge on any atom is -0.309 e. The monoisotopic (exact) mass is 406 g/mol. The molecule has 2 aromatic carbocycles. The Bertz CT molecular complexity index is 915. The van der Waals surface area contributed by atoms with E-state index in [1.165, 1.54) is 18.6 Å². The van der Waals surface area contributed by atoms with E-state index in [-0.39, 0.29) is 29.4 Å². The van der Waals surface area contributed by atoms with Gasteiger partial charge in [0.15, 0.2) is 0 Å².